The van der Waals surface area contributed by atoms with Crippen molar-refractivity contribution in [2.75, 3.05) is 36.5 Å². The quantitative estimate of drug-likeness (QED) is 0.618. The zero-order valence-corrected chi connectivity index (χ0v) is 17.6. The molecule has 1 aromatic carbocycles. The van der Waals surface area contributed by atoms with Gasteiger partial charge in [0, 0.05) is 36.9 Å². The number of morpholine rings is 1. The highest BCUT2D eigenvalue weighted by Crippen LogP contribution is 2.30. The van der Waals surface area contributed by atoms with Gasteiger partial charge in [-0.15, -0.1) is 0 Å². The van der Waals surface area contributed by atoms with Crippen LogP contribution in [0, 0.1) is 0 Å². The van der Waals surface area contributed by atoms with Gasteiger partial charge in [-0.1, -0.05) is 0 Å². The lowest BCUT2D eigenvalue weighted by atomic mass is 10.1. The number of ether oxygens (including phenoxy) is 1. The first-order valence-corrected chi connectivity index (χ1v) is 10.0. The third kappa shape index (κ3) is 5.00. The Bertz CT molecular complexity index is 1090. The van der Waals surface area contributed by atoms with E-state index in [1.807, 2.05) is 12.1 Å². The lowest BCUT2D eigenvalue weighted by molar-refractivity contribution is -0.141. The summed E-state index contributed by atoms with van der Waals surface area (Å²) in [6, 6.07) is 6.35. The Morgan fingerprint density at radius 2 is 1.75 bits per heavy atom. The van der Waals surface area contributed by atoms with Crippen molar-refractivity contribution in [3.8, 4) is 5.69 Å². The van der Waals surface area contributed by atoms with E-state index in [0.29, 0.717) is 43.4 Å². The molecule has 2 N–H and O–H groups in total. The topological polar surface area (TPSA) is 88.3 Å². The van der Waals surface area contributed by atoms with Crippen molar-refractivity contribution in [2.24, 2.45) is 0 Å². The van der Waals surface area contributed by atoms with E-state index in [1.54, 1.807) is 37.0 Å². The molecule has 0 bridgehead atoms. The van der Waals surface area contributed by atoms with Gasteiger partial charge in [0.15, 0.2) is 0 Å². The summed E-state index contributed by atoms with van der Waals surface area (Å²) in [7, 11) is 0. The predicted octanol–water partition coefficient (Wildman–Crippen LogP) is 3.49. The van der Waals surface area contributed by atoms with Gasteiger partial charge >= 0.3 is 6.18 Å². The van der Waals surface area contributed by atoms with Crippen molar-refractivity contribution in [1.82, 2.24) is 19.5 Å². The van der Waals surface area contributed by atoms with Crippen LogP contribution in [0.4, 0.5) is 30.5 Å². The van der Waals surface area contributed by atoms with E-state index >= 15 is 0 Å². The molecular formula is C21H23F3N6O2. The van der Waals surface area contributed by atoms with E-state index in [4.69, 9.17) is 4.74 Å². The molecule has 0 radical (unpaired) electrons. The number of rotatable bonds is 5. The molecule has 1 fully saturated rings. The molecule has 2 aromatic heterocycles. The molecule has 0 spiro atoms. The van der Waals surface area contributed by atoms with Crippen molar-refractivity contribution in [3.05, 3.63) is 54.4 Å². The molecule has 3 heterocycles. The molecule has 0 saturated carbocycles. The van der Waals surface area contributed by atoms with E-state index in [9.17, 15) is 18.3 Å². The largest absolute Gasteiger partial charge is 0.433 e. The van der Waals surface area contributed by atoms with Crippen molar-refractivity contribution in [3.63, 3.8) is 0 Å². The number of imidazole rings is 1. The van der Waals surface area contributed by atoms with Gasteiger partial charge in [0.25, 0.3) is 0 Å². The summed E-state index contributed by atoms with van der Waals surface area (Å²) in [5.74, 6) is -0.160. The number of aliphatic hydroxyl groups is 1. The van der Waals surface area contributed by atoms with Crippen LogP contribution in [0.1, 0.15) is 25.2 Å². The molecule has 0 atom stereocenters. The van der Waals surface area contributed by atoms with Gasteiger partial charge in [-0.2, -0.15) is 13.2 Å². The fourth-order valence-electron chi connectivity index (χ4n) is 3.31. The van der Waals surface area contributed by atoms with E-state index in [-0.39, 0.29) is 5.95 Å². The molecule has 32 heavy (non-hydrogen) atoms. The summed E-state index contributed by atoms with van der Waals surface area (Å²) in [6.07, 6.45) is -0.208. The van der Waals surface area contributed by atoms with Crippen molar-refractivity contribution < 1.29 is 23.0 Å². The second-order valence-electron chi connectivity index (χ2n) is 7.95. The van der Waals surface area contributed by atoms with Crippen molar-refractivity contribution in [1.29, 1.82) is 0 Å². The van der Waals surface area contributed by atoms with E-state index in [2.05, 4.69) is 25.2 Å². The van der Waals surface area contributed by atoms with Gasteiger partial charge in [0.1, 0.15) is 11.3 Å². The first-order valence-electron chi connectivity index (χ1n) is 10.0. The van der Waals surface area contributed by atoms with Crippen LogP contribution >= 0.6 is 0 Å². The summed E-state index contributed by atoms with van der Waals surface area (Å²) in [6.45, 7) is 5.81. The summed E-state index contributed by atoms with van der Waals surface area (Å²) < 4.78 is 46.3. The lowest BCUT2D eigenvalue weighted by Gasteiger charge is -2.29. The molecular weight excluding hydrogens is 425 g/mol. The SMILES string of the molecule is CC(C)(O)c1cn(-c2cc(Nc3nccc(C(F)(F)F)n3)cc(N3CCOCC3)c2)cn1. The third-order valence-electron chi connectivity index (χ3n) is 4.99. The fraction of sp³-hybridized carbons (Fsp3) is 0.381. The molecule has 170 valence electrons. The third-order valence-corrected chi connectivity index (χ3v) is 4.99. The number of hydrogen-bond donors (Lipinski definition) is 2. The van der Waals surface area contributed by atoms with Crippen LogP contribution in [0.5, 0.6) is 0 Å². The molecule has 1 saturated heterocycles. The molecule has 0 amide bonds. The standard InChI is InChI=1S/C21H23F3N6O2/c1-20(2,31)18-12-30(13-26-18)16-10-14(9-15(11-16)29-5-7-32-8-6-29)27-19-25-4-3-17(28-19)21(22,23)24/h3-4,9-13,31H,5-8H2,1-2H3,(H,25,27,28). The average molecular weight is 448 g/mol. The summed E-state index contributed by atoms with van der Waals surface area (Å²) in [5, 5.41) is 13.1. The van der Waals surface area contributed by atoms with Crippen molar-refractivity contribution >= 4 is 17.3 Å². The summed E-state index contributed by atoms with van der Waals surface area (Å²) in [5.41, 5.74) is 0.445. The lowest BCUT2D eigenvalue weighted by Crippen LogP contribution is -2.36. The van der Waals surface area contributed by atoms with E-state index < -0.39 is 17.5 Å². The number of anilines is 3. The molecule has 4 rings (SSSR count). The first-order chi connectivity index (χ1) is 15.1. The zero-order valence-electron chi connectivity index (χ0n) is 17.6. The van der Waals surface area contributed by atoms with Gasteiger partial charge in [-0.05, 0) is 38.1 Å². The van der Waals surface area contributed by atoms with E-state index in [1.165, 1.54) is 0 Å². The van der Waals surface area contributed by atoms with Crippen LogP contribution < -0.4 is 10.2 Å². The smallest absolute Gasteiger partial charge is 0.384 e. The highest BCUT2D eigenvalue weighted by atomic mass is 19.4. The Labute approximate surface area is 182 Å². The van der Waals surface area contributed by atoms with Crippen LogP contribution in [-0.2, 0) is 16.5 Å². The van der Waals surface area contributed by atoms with Gasteiger partial charge in [-0.25, -0.2) is 15.0 Å². The minimum absolute atomic E-state index is 0.160. The number of benzene rings is 1. The zero-order chi connectivity index (χ0) is 22.9. The normalized spacial score (nSPS) is 15.1. The number of hydrogen-bond acceptors (Lipinski definition) is 7. The first kappa shape index (κ1) is 22.0. The molecule has 0 unspecified atom stereocenters. The summed E-state index contributed by atoms with van der Waals surface area (Å²) >= 11 is 0. The number of aromatic nitrogens is 4. The second-order valence-corrected chi connectivity index (χ2v) is 7.95. The Balaban J connectivity index is 1.71. The Kier molecular flexibility index (Phi) is 5.78. The van der Waals surface area contributed by atoms with Gasteiger partial charge < -0.3 is 24.6 Å². The molecule has 0 aliphatic carbocycles. The minimum atomic E-state index is -4.56. The van der Waals surface area contributed by atoms with Crippen LogP contribution in [-0.4, -0.2) is 50.9 Å². The maximum absolute atomic E-state index is 13.0. The highest BCUT2D eigenvalue weighted by Gasteiger charge is 2.32. The molecule has 11 heteroatoms. The van der Waals surface area contributed by atoms with Gasteiger partial charge in [-0.3, -0.25) is 0 Å². The van der Waals surface area contributed by atoms with Crippen LogP contribution in [0.2, 0.25) is 0 Å². The van der Waals surface area contributed by atoms with Crippen LogP contribution in [0.15, 0.2) is 43.0 Å². The fourth-order valence-corrected chi connectivity index (χ4v) is 3.31. The maximum atomic E-state index is 13.0. The Hall–Kier alpha value is -3.18. The molecule has 1 aliphatic heterocycles. The highest BCUT2D eigenvalue weighted by molar-refractivity contribution is 5.67. The van der Waals surface area contributed by atoms with Crippen LogP contribution in [0.3, 0.4) is 0 Å². The van der Waals surface area contributed by atoms with Gasteiger partial charge in [0.2, 0.25) is 5.95 Å². The Morgan fingerprint density at radius 3 is 2.41 bits per heavy atom. The number of nitrogens with one attached hydrogen (secondary N) is 1. The van der Waals surface area contributed by atoms with E-state index in [0.717, 1.165) is 18.0 Å². The summed E-state index contributed by atoms with van der Waals surface area (Å²) in [4.78, 5) is 13.9. The number of nitrogens with zero attached hydrogens (tertiary/aromatic N) is 5. The minimum Gasteiger partial charge on any atom is -0.384 e. The second kappa shape index (κ2) is 8.40. The monoisotopic (exact) mass is 448 g/mol. The Morgan fingerprint density at radius 1 is 1.03 bits per heavy atom. The molecule has 8 nitrogen and oxygen atoms in total. The number of alkyl halides is 3. The van der Waals surface area contributed by atoms with Crippen molar-refractivity contribution in [2.45, 2.75) is 25.6 Å². The average Bonchev–Trinajstić information content (AvgIpc) is 3.25. The predicted molar refractivity (Wildman–Crippen MR) is 112 cm³/mol. The number of halogens is 3. The molecule has 3 aromatic rings. The maximum Gasteiger partial charge on any atom is 0.433 e. The van der Waals surface area contributed by atoms with Crippen LogP contribution in [0.25, 0.3) is 5.69 Å². The molecule has 1 aliphatic rings. The van der Waals surface area contributed by atoms with Gasteiger partial charge in [0.05, 0.1) is 30.9 Å².